The summed E-state index contributed by atoms with van der Waals surface area (Å²) in [6.45, 7) is 3.46. The number of esters is 1. The highest BCUT2D eigenvalue weighted by Gasteiger charge is 2.27. The Bertz CT molecular complexity index is 928. The van der Waals surface area contributed by atoms with Crippen LogP contribution in [0.15, 0.2) is 24.3 Å². The number of benzene rings is 1. The van der Waals surface area contributed by atoms with Gasteiger partial charge in [0.2, 0.25) is 0 Å². The predicted molar refractivity (Wildman–Crippen MR) is 110 cm³/mol. The van der Waals surface area contributed by atoms with E-state index in [4.69, 9.17) is 16.3 Å². The van der Waals surface area contributed by atoms with E-state index in [1.54, 1.807) is 24.3 Å². The fraction of sp³-hybridized carbons (Fsp3) is 0.381. The number of carbonyl (C=O) groups excluding carboxylic acids is 2. The van der Waals surface area contributed by atoms with Crippen LogP contribution in [0.25, 0.3) is 0 Å². The maximum absolute atomic E-state index is 12.6. The van der Waals surface area contributed by atoms with Crippen LogP contribution in [-0.4, -0.2) is 18.5 Å². The first-order valence-corrected chi connectivity index (χ1v) is 10.4. The van der Waals surface area contributed by atoms with Gasteiger partial charge < -0.3 is 10.1 Å². The van der Waals surface area contributed by atoms with Gasteiger partial charge >= 0.3 is 5.97 Å². The Morgan fingerprint density at radius 2 is 2.00 bits per heavy atom. The largest absolute Gasteiger partial charge is 0.455 e. The molecule has 7 heteroatoms. The number of fused-ring (bicyclic) bond motifs is 1. The summed E-state index contributed by atoms with van der Waals surface area (Å²) in [6.07, 6.45) is 2.86. The van der Waals surface area contributed by atoms with Crippen molar-refractivity contribution in [3.05, 3.63) is 50.9 Å². The van der Waals surface area contributed by atoms with Crippen molar-refractivity contribution in [3.8, 4) is 6.07 Å². The number of hydrogen-bond acceptors (Lipinski definition) is 5. The van der Waals surface area contributed by atoms with E-state index in [0.29, 0.717) is 15.6 Å². The number of aryl methyl sites for hydroxylation is 1. The maximum Gasteiger partial charge on any atom is 0.314 e. The van der Waals surface area contributed by atoms with Crippen LogP contribution in [0.2, 0.25) is 5.02 Å². The molecule has 0 saturated heterocycles. The normalized spacial score (nSPS) is 13.7. The molecule has 0 spiro atoms. The molecule has 0 unspecified atom stereocenters. The van der Waals surface area contributed by atoms with E-state index in [2.05, 4.69) is 11.4 Å². The lowest BCUT2D eigenvalue weighted by Gasteiger charge is -2.19. The van der Waals surface area contributed by atoms with Gasteiger partial charge in [0, 0.05) is 9.90 Å². The van der Waals surface area contributed by atoms with Crippen LogP contribution in [0, 0.1) is 17.2 Å². The summed E-state index contributed by atoms with van der Waals surface area (Å²) < 4.78 is 5.27. The monoisotopic (exact) mass is 416 g/mol. The molecule has 1 aliphatic rings. The van der Waals surface area contributed by atoms with Gasteiger partial charge in [0.15, 0.2) is 6.61 Å². The molecular weight excluding hydrogens is 396 g/mol. The molecule has 3 rings (SSSR count). The van der Waals surface area contributed by atoms with Crippen molar-refractivity contribution in [2.24, 2.45) is 5.92 Å². The highest BCUT2D eigenvalue weighted by molar-refractivity contribution is 7.16. The van der Waals surface area contributed by atoms with Crippen LogP contribution in [0.3, 0.4) is 0 Å². The lowest BCUT2D eigenvalue weighted by atomic mass is 9.88. The number of ether oxygens (including phenoxy) is 1. The van der Waals surface area contributed by atoms with E-state index >= 15 is 0 Å². The Hall–Kier alpha value is -2.36. The highest BCUT2D eigenvalue weighted by atomic mass is 35.5. The number of thiophene rings is 1. The zero-order valence-electron chi connectivity index (χ0n) is 15.8. The first kappa shape index (κ1) is 20.4. The number of nitrogens with one attached hydrogen (secondary N) is 1. The van der Waals surface area contributed by atoms with Crippen LogP contribution in [0.4, 0.5) is 5.00 Å². The van der Waals surface area contributed by atoms with Crippen LogP contribution in [-0.2, 0) is 27.2 Å². The van der Waals surface area contributed by atoms with E-state index < -0.39 is 17.8 Å². The van der Waals surface area contributed by atoms with E-state index in [1.807, 2.05) is 13.8 Å². The summed E-state index contributed by atoms with van der Waals surface area (Å²) >= 11 is 7.35. The number of hydrogen-bond donors (Lipinski definition) is 1. The molecule has 1 aromatic heterocycles. The Labute approximate surface area is 173 Å². The number of amides is 1. The quantitative estimate of drug-likeness (QED) is 0.693. The minimum absolute atomic E-state index is 0.00204. The summed E-state index contributed by atoms with van der Waals surface area (Å²) in [7, 11) is 0. The lowest BCUT2D eigenvalue weighted by molar-refractivity contribution is -0.149. The summed E-state index contributed by atoms with van der Waals surface area (Å²) in [5.74, 6) is -1.38. The molecule has 5 nitrogen and oxygen atoms in total. The van der Waals surface area contributed by atoms with Gasteiger partial charge in [0.1, 0.15) is 11.1 Å². The zero-order chi connectivity index (χ0) is 20.3. The van der Waals surface area contributed by atoms with E-state index in [0.717, 1.165) is 35.3 Å². The number of anilines is 1. The summed E-state index contributed by atoms with van der Waals surface area (Å²) in [5.41, 5.74) is 2.38. The van der Waals surface area contributed by atoms with Crippen LogP contribution < -0.4 is 5.32 Å². The standard InChI is InChI=1S/C21H21ClN2O3S/c1-12(2)19(13-6-8-14(22)9-7-13)21(26)27-11-18(25)24-20-16(10-23)15-4-3-5-17(15)28-20/h6-9,12,19H,3-5,11H2,1-2H3,(H,24,25)/t19-/m1/s1. The minimum Gasteiger partial charge on any atom is -0.455 e. The Morgan fingerprint density at radius 3 is 2.64 bits per heavy atom. The van der Waals surface area contributed by atoms with Crippen molar-refractivity contribution in [3.63, 3.8) is 0 Å². The first-order valence-electron chi connectivity index (χ1n) is 9.17. The second kappa shape index (κ2) is 8.76. The maximum atomic E-state index is 12.6. The molecule has 0 bridgehead atoms. The average molecular weight is 417 g/mol. The summed E-state index contributed by atoms with van der Waals surface area (Å²) in [6, 6.07) is 9.22. The Balaban J connectivity index is 1.63. The van der Waals surface area contributed by atoms with Crippen molar-refractivity contribution >= 4 is 39.8 Å². The van der Waals surface area contributed by atoms with Gasteiger partial charge in [0.05, 0.1) is 11.5 Å². The van der Waals surface area contributed by atoms with Gasteiger partial charge in [-0.3, -0.25) is 9.59 Å². The zero-order valence-corrected chi connectivity index (χ0v) is 17.3. The molecular formula is C21H21ClN2O3S. The number of carbonyl (C=O) groups is 2. The summed E-state index contributed by atoms with van der Waals surface area (Å²) in [5, 5.41) is 13.3. The Kier molecular flexibility index (Phi) is 6.38. The fourth-order valence-electron chi connectivity index (χ4n) is 3.46. The number of nitriles is 1. The van der Waals surface area contributed by atoms with Gasteiger partial charge in [-0.2, -0.15) is 5.26 Å². The van der Waals surface area contributed by atoms with Gasteiger partial charge in [-0.25, -0.2) is 0 Å². The van der Waals surface area contributed by atoms with Crippen molar-refractivity contribution in [2.45, 2.75) is 39.0 Å². The third-order valence-corrected chi connectivity index (χ3v) is 6.24. The second-order valence-electron chi connectivity index (χ2n) is 7.10. The van der Waals surface area contributed by atoms with Crippen LogP contribution in [0.1, 0.15) is 47.8 Å². The number of halogens is 1. The Morgan fingerprint density at radius 1 is 1.29 bits per heavy atom. The molecule has 146 valence electrons. The van der Waals surface area contributed by atoms with Crippen molar-refractivity contribution in [1.29, 1.82) is 5.26 Å². The average Bonchev–Trinajstić information content (AvgIpc) is 3.22. The molecule has 28 heavy (non-hydrogen) atoms. The van der Waals surface area contributed by atoms with Gasteiger partial charge in [0.25, 0.3) is 5.91 Å². The SMILES string of the molecule is CC(C)[C@@H](C(=O)OCC(=O)Nc1sc2c(c1C#N)CCC2)c1ccc(Cl)cc1. The molecule has 1 N–H and O–H groups in total. The minimum atomic E-state index is -0.481. The highest BCUT2D eigenvalue weighted by Crippen LogP contribution is 2.38. The third kappa shape index (κ3) is 4.37. The first-order chi connectivity index (χ1) is 13.4. The second-order valence-corrected chi connectivity index (χ2v) is 8.64. The summed E-state index contributed by atoms with van der Waals surface area (Å²) in [4.78, 5) is 26.0. The van der Waals surface area contributed by atoms with Crippen molar-refractivity contribution in [1.82, 2.24) is 0 Å². The molecule has 0 fully saturated rings. The molecule has 1 heterocycles. The van der Waals surface area contributed by atoms with Gasteiger partial charge in [-0.15, -0.1) is 11.3 Å². The molecule has 1 atom stereocenters. The fourth-order valence-corrected chi connectivity index (χ4v) is 4.84. The van der Waals surface area contributed by atoms with Crippen molar-refractivity contribution < 1.29 is 14.3 Å². The van der Waals surface area contributed by atoms with E-state index in [1.165, 1.54) is 11.3 Å². The van der Waals surface area contributed by atoms with Crippen LogP contribution in [0.5, 0.6) is 0 Å². The molecule has 0 saturated carbocycles. The molecule has 1 amide bonds. The van der Waals surface area contributed by atoms with E-state index in [9.17, 15) is 14.9 Å². The van der Waals surface area contributed by atoms with Crippen LogP contribution >= 0.6 is 22.9 Å². The molecule has 0 radical (unpaired) electrons. The third-order valence-electron chi connectivity index (χ3n) is 4.78. The van der Waals surface area contributed by atoms with Gasteiger partial charge in [-0.05, 0) is 48.4 Å². The number of rotatable bonds is 6. The molecule has 2 aromatic rings. The topological polar surface area (TPSA) is 79.2 Å². The lowest BCUT2D eigenvalue weighted by Crippen LogP contribution is -2.26. The smallest absolute Gasteiger partial charge is 0.314 e. The predicted octanol–water partition coefficient (Wildman–Crippen LogP) is 4.68. The number of nitrogens with zero attached hydrogens (tertiary/aromatic N) is 1. The van der Waals surface area contributed by atoms with Gasteiger partial charge in [-0.1, -0.05) is 37.6 Å². The molecule has 0 aliphatic heterocycles. The molecule has 1 aromatic carbocycles. The van der Waals surface area contributed by atoms with E-state index in [-0.39, 0.29) is 12.5 Å². The molecule has 1 aliphatic carbocycles. The van der Waals surface area contributed by atoms with Crippen molar-refractivity contribution in [2.75, 3.05) is 11.9 Å².